The summed E-state index contributed by atoms with van der Waals surface area (Å²) >= 11 is 0. The number of H-pyrrole nitrogens is 1. The van der Waals surface area contributed by atoms with Crippen LogP contribution in [0, 0.1) is 19.9 Å². The van der Waals surface area contributed by atoms with E-state index in [1.807, 2.05) is 18.5 Å². The van der Waals surface area contributed by atoms with Gasteiger partial charge in [0.05, 0.1) is 0 Å². The van der Waals surface area contributed by atoms with Gasteiger partial charge < -0.3 is 9.40 Å². The number of fused-ring (bicyclic) bond motifs is 2. The van der Waals surface area contributed by atoms with Gasteiger partial charge in [-0.3, -0.25) is 4.98 Å². The summed E-state index contributed by atoms with van der Waals surface area (Å²) in [5.41, 5.74) is 8.21. The van der Waals surface area contributed by atoms with Gasteiger partial charge >= 0.3 is 0 Å². The maximum Gasteiger partial charge on any atom is 0.161 e. The van der Waals surface area contributed by atoms with Gasteiger partial charge in [-0.05, 0) is 37.1 Å². The van der Waals surface area contributed by atoms with Gasteiger partial charge in [-0.25, -0.2) is 0 Å². The molecule has 3 heterocycles. The summed E-state index contributed by atoms with van der Waals surface area (Å²) in [6.45, 7) is 4.21. The third-order valence-corrected chi connectivity index (χ3v) is 4.92. The Labute approximate surface area is 151 Å². The zero-order valence-electron chi connectivity index (χ0n) is 14.6. The Kier molecular flexibility index (Phi) is 3.22. The first-order valence-electron chi connectivity index (χ1n) is 8.65. The minimum absolute atomic E-state index is 0.687. The second kappa shape index (κ2) is 5.60. The highest BCUT2D eigenvalue weighted by molar-refractivity contribution is 5.91. The number of nitrogens with zero attached hydrogens (tertiary/aromatic N) is 1. The molecule has 3 aromatic heterocycles. The summed E-state index contributed by atoms with van der Waals surface area (Å²) in [6.07, 6.45) is 3.84. The highest BCUT2D eigenvalue weighted by Crippen LogP contribution is 2.32. The molecule has 0 aliphatic rings. The fraction of sp³-hybridized carbons (Fsp3) is 0.0870. The van der Waals surface area contributed by atoms with Crippen molar-refractivity contribution in [3.05, 3.63) is 78.1 Å². The quantitative estimate of drug-likeness (QED) is 0.425. The molecule has 0 saturated carbocycles. The van der Waals surface area contributed by atoms with Crippen LogP contribution in [0.5, 0.6) is 0 Å². The van der Waals surface area contributed by atoms with Crippen LogP contribution >= 0.6 is 0 Å². The third-order valence-electron chi connectivity index (χ3n) is 4.92. The molecule has 1 radical (unpaired) electrons. The second-order valence-electron chi connectivity index (χ2n) is 6.66. The molecule has 0 saturated heterocycles. The lowest BCUT2D eigenvalue weighted by molar-refractivity contribution is 0.630. The van der Waals surface area contributed by atoms with Crippen molar-refractivity contribution in [1.29, 1.82) is 0 Å². The smallest absolute Gasteiger partial charge is 0.161 e. The Morgan fingerprint density at radius 1 is 1.00 bits per heavy atom. The zero-order valence-corrected chi connectivity index (χ0v) is 14.6. The van der Waals surface area contributed by atoms with Gasteiger partial charge in [0.15, 0.2) is 5.58 Å². The first-order chi connectivity index (χ1) is 12.7. The molecule has 0 bridgehead atoms. The van der Waals surface area contributed by atoms with E-state index in [2.05, 4.69) is 72.3 Å². The molecule has 0 aliphatic carbocycles. The van der Waals surface area contributed by atoms with Crippen LogP contribution < -0.4 is 0 Å². The van der Waals surface area contributed by atoms with Gasteiger partial charge in [0.1, 0.15) is 11.3 Å². The molecule has 5 aromatic rings. The number of aromatic nitrogens is 2. The number of furan rings is 1. The first kappa shape index (κ1) is 15.0. The average molecular weight is 337 g/mol. The molecule has 3 nitrogen and oxygen atoms in total. The number of pyridine rings is 1. The summed E-state index contributed by atoms with van der Waals surface area (Å²) in [5.74, 6) is 0.818. The number of hydrogen-bond donors (Lipinski definition) is 1. The van der Waals surface area contributed by atoms with Crippen LogP contribution in [0.25, 0.3) is 44.5 Å². The van der Waals surface area contributed by atoms with Crippen LogP contribution in [0.1, 0.15) is 11.1 Å². The molecule has 2 aromatic carbocycles. The Bertz CT molecular complexity index is 1240. The van der Waals surface area contributed by atoms with E-state index in [0.717, 1.165) is 33.5 Å². The summed E-state index contributed by atoms with van der Waals surface area (Å²) < 4.78 is 6.04. The van der Waals surface area contributed by atoms with E-state index in [1.165, 1.54) is 16.5 Å². The molecule has 1 N–H and O–H groups in total. The van der Waals surface area contributed by atoms with Gasteiger partial charge in [-0.2, -0.15) is 0 Å². The molecule has 125 valence electrons. The number of benzene rings is 2. The van der Waals surface area contributed by atoms with E-state index < -0.39 is 0 Å². The Morgan fingerprint density at radius 2 is 1.85 bits per heavy atom. The second-order valence-corrected chi connectivity index (χ2v) is 6.66. The van der Waals surface area contributed by atoms with Crippen LogP contribution in [-0.2, 0) is 0 Å². The van der Waals surface area contributed by atoms with Crippen LogP contribution in [0.2, 0.25) is 0 Å². The van der Waals surface area contributed by atoms with E-state index in [9.17, 15) is 0 Å². The van der Waals surface area contributed by atoms with Gasteiger partial charge in [0.2, 0.25) is 0 Å². The van der Waals surface area contributed by atoms with E-state index in [-0.39, 0.29) is 0 Å². The maximum absolute atomic E-state index is 6.04. The van der Waals surface area contributed by atoms with Gasteiger partial charge in [0.25, 0.3) is 0 Å². The lowest BCUT2D eigenvalue weighted by Gasteiger charge is -2.06. The van der Waals surface area contributed by atoms with Crippen molar-refractivity contribution >= 4 is 22.0 Å². The lowest BCUT2D eigenvalue weighted by atomic mass is 9.99. The van der Waals surface area contributed by atoms with Crippen LogP contribution in [-0.4, -0.2) is 9.97 Å². The Hall–Kier alpha value is -3.33. The maximum atomic E-state index is 6.04. The molecule has 5 rings (SSSR count). The van der Waals surface area contributed by atoms with E-state index in [4.69, 9.17) is 4.42 Å². The number of nitrogens with one attached hydrogen (secondary N) is 1. The Balaban J connectivity index is 1.63. The molecular formula is C23H17N2O. The standard InChI is InChI=1S/C23H17N2O/c1-14-3-5-16(6-4-14)22-12-21-23(26-22)11-17(13-25-21)18-7-8-20-19(15(18)2)9-10-24-20/h3-10,12-13,24H,1-2H3. The minimum Gasteiger partial charge on any atom is -0.454 e. The number of aromatic amines is 1. The molecule has 0 amide bonds. The molecule has 0 spiro atoms. The molecule has 0 aliphatic heterocycles. The van der Waals surface area contributed by atoms with Crippen molar-refractivity contribution in [2.24, 2.45) is 0 Å². The topological polar surface area (TPSA) is 41.8 Å². The van der Waals surface area contributed by atoms with Crippen molar-refractivity contribution in [2.75, 3.05) is 0 Å². The average Bonchev–Trinajstić information content (AvgIpc) is 3.29. The monoisotopic (exact) mass is 337 g/mol. The largest absolute Gasteiger partial charge is 0.454 e. The molecule has 3 heteroatoms. The predicted octanol–water partition coefficient (Wildman–Crippen LogP) is 6.06. The zero-order chi connectivity index (χ0) is 17.7. The van der Waals surface area contributed by atoms with Crippen LogP contribution in [0.4, 0.5) is 0 Å². The van der Waals surface area contributed by atoms with Crippen molar-refractivity contribution in [3.8, 4) is 22.5 Å². The molecule has 0 unspecified atom stereocenters. The van der Waals surface area contributed by atoms with Crippen molar-refractivity contribution in [1.82, 2.24) is 9.97 Å². The van der Waals surface area contributed by atoms with Crippen LogP contribution in [0.3, 0.4) is 0 Å². The third kappa shape index (κ3) is 2.32. The first-order valence-corrected chi connectivity index (χ1v) is 8.65. The summed E-state index contributed by atoms with van der Waals surface area (Å²) in [5, 5.41) is 1.22. The fourth-order valence-corrected chi connectivity index (χ4v) is 3.43. The van der Waals surface area contributed by atoms with E-state index in [1.54, 1.807) is 0 Å². The molecule has 0 atom stereocenters. The predicted molar refractivity (Wildman–Crippen MR) is 105 cm³/mol. The van der Waals surface area contributed by atoms with E-state index in [0.29, 0.717) is 5.58 Å². The number of aryl methyl sites for hydroxylation is 2. The van der Waals surface area contributed by atoms with E-state index >= 15 is 0 Å². The van der Waals surface area contributed by atoms with Gasteiger partial charge in [-0.1, -0.05) is 35.9 Å². The normalized spacial score (nSPS) is 11.5. The molecular weight excluding hydrogens is 320 g/mol. The summed E-state index contributed by atoms with van der Waals surface area (Å²) in [6, 6.07) is 20.0. The van der Waals surface area contributed by atoms with Crippen LogP contribution in [0.15, 0.2) is 65.3 Å². The minimum atomic E-state index is 0.687. The highest BCUT2D eigenvalue weighted by Gasteiger charge is 2.12. The Morgan fingerprint density at radius 3 is 2.69 bits per heavy atom. The van der Waals surface area contributed by atoms with Crippen molar-refractivity contribution in [3.63, 3.8) is 0 Å². The molecule has 0 fully saturated rings. The number of rotatable bonds is 2. The van der Waals surface area contributed by atoms with Gasteiger partial charge in [-0.15, -0.1) is 0 Å². The number of hydrogen-bond acceptors (Lipinski definition) is 2. The van der Waals surface area contributed by atoms with Crippen molar-refractivity contribution in [2.45, 2.75) is 13.8 Å². The summed E-state index contributed by atoms with van der Waals surface area (Å²) in [4.78, 5) is 7.85. The summed E-state index contributed by atoms with van der Waals surface area (Å²) in [7, 11) is 0. The van der Waals surface area contributed by atoms with Crippen molar-refractivity contribution < 1.29 is 4.42 Å². The van der Waals surface area contributed by atoms with Gasteiger partial charge in [0, 0.05) is 46.6 Å². The SMILES string of the molecule is Cc1ccc(-c2cc3ncc(-c4ccc5[nH]ccc5c4C)[c]c3o2)cc1. The lowest BCUT2D eigenvalue weighted by Crippen LogP contribution is -1.86. The molecule has 26 heavy (non-hydrogen) atoms. The fourth-order valence-electron chi connectivity index (χ4n) is 3.43. The highest BCUT2D eigenvalue weighted by atomic mass is 16.3.